The molecule has 0 bridgehead atoms. The standard InChI is InChI=1S/C25H27N3O2/c1-4-19-13-8-10-17(2)24(19)28-23(29)16-26-21-14-9-15-22(18(21)3)27-25(30)20-11-6-5-7-12-20/h5-15,26H,4,16H2,1-3H3,(H,27,30)(H,28,29). The molecule has 30 heavy (non-hydrogen) atoms. The van der Waals surface area contributed by atoms with Crippen LogP contribution in [0.4, 0.5) is 17.1 Å². The van der Waals surface area contributed by atoms with Crippen LogP contribution in [0, 0.1) is 13.8 Å². The molecule has 0 spiro atoms. The van der Waals surface area contributed by atoms with Gasteiger partial charge >= 0.3 is 0 Å². The van der Waals surface area contributed by atoms with E-state index in [0.717, 1.165) is 34.5 Å². The average Bonchev–Trinajstić information content (AvgIpc) is 2.76. The van der Waals surface area contributed by atoms with Crippen molar-refractivity contribution in [3.05, 3.63) is 89.0 Å². The lowest BCUT2D eigenvalue weighted by Crippen LogP contribution is -2.23. The second-order valence-corrected chi connectivity index (χ2v) is 7.16. The van der Waals surface area contributed by atoms with Crippen LogP contribution in [0.5, 0.6) is 0 Å². The Balaban J connectivity index is 1.66. The van der Waals surface area contributed by atoms with Crippen molar-refractivity contribution in [2.45, 2.75) is 27.2 Å². The first-order valence-corrected chi connectivity index (χ1v) is 10.1. The van der Waals surface area contributed by atoms with Gasteiger partial charge in [-0.3, -0.25) is 9.59 Å². The molecule has 3 N–H and O–H groups in total. The van der Waals surface area contributed by atoms with Crippen molar-refractivity contribution in [3.63, 3.8) is 0 Å². The van der Waals surface area contributed by atoms with Crippen LogP contribution in [0.1, 0.15) is 34.0 Å². The van der Waals surface area contributed by atoms with E-state index in [4.69, 9.17) is 0 Å². The van der Waals surface area contributed by atoms with Crippen molar-refractivity contribution in [1.29, 1.82) is 0 Å². The summed E-state index contributed by atoms with van der Waals surface area (Å²) in [5.41, 5.74) is 6.03. The van der Waals surface area contributed by atoms with Gasteiger partial charge in [0.2, 0.25) is 5.91 Å². The van der Waals surface area contributed by atoms with Gasteiger partial charge in [-0.15, -0.1) is 0 Å². The maximum Gasteiger partial charge on any atom is 0.255 e. The minimum absolute atomic E-state index is 0.114. The zero-order valence-electron chi connectivity index (χ0n) is 17.6. The summed E-state index contributed by atoms with van der Waals surface area (Å²) in [7, 11) is 0. The third kappa shape index (κ3) is 5.06. The van der Waals surface area contributed by atoms with Crippen LogP contribution in [0.15, 0.2) is 66.7 Å². The number of hydrogen-bond donors (Lipinski definition) is 3. The van der Waals surface area contributed by atoms with E-state index in [1.165, 1.54) is 0 Å². The number of amides is 2. The van der Waals surface area contributed by atoms with Crippen LogP contribution < -0.4 is 16.0 Å². The molecule has 0 atom stereocenters. The van der Waals surface area contributed by atoms with Gasteiger partial charge in [-0.05, 0) is 61.2 Å². The highest BCUT2D eigenvalue weighted by Gasteiger charge is 2.12. The van der Waals surface area contributed by atoms with Crippen LogP contribution >= 0.6 is 0 Å². The topological polar surface area (TPSA) is 70.2 Å². The molecule has 0 aromatic heterocycles. The molecule has 0 aliphatic rings. The van der Waals surface area contributed by atoms with Crippen molar-refractivity contribution in [2.75, 3.05) is 22.5 Å². The Morgan fingerprint density at radius 3 is 2.23 bits per heavy atom. The molecule has 3 rings (SSSR count). The van der Waals surface area contributed by atoms with E-state index in [-0.39, 0.29) is 18.4 Å². The normalized spacial score (nSPS) is 10.4. The van der Waals surface area contributed by atoms with Crippen LogP contribution in [0.2, 0.25) is 0 Å². The summed E-state index contributed by atoms with van der Waals surface area (Å²) >= 11 is 0. The van der Waals surface area contributed by atoms with Crippen LogP contribution in [0.25, 0.3) is 0 Å². The largest absolute Gasteiger partial charge is 0.376 e. The molecule has 154 valence electrons. The Kier molecular flexibility index (Phi) is 6.86. The van der Waals surface area contributed by atoms with Crippen molar-refractivity contribution in [3.8, 4) is 0 Å². The van der Waals surface area contributed by atoms with Gasteiger partial charge in [0, 0.05) is 22.6 Å². The minimum atomic E-state index is -0.166. The Morgan fingerprint density at radius 1 is 0.800 bits per heavy atom. The molecule has 3 aromatic carbocycles. The molecule has 0 radical (unpaired) electrons. The molecule has 0 aliphatic carbocycles. The Bertz CT molecular complexity index is 1050. The monoisotopic (exact) mass is 401 g/mol. The van der Waals surface area contributed by atoms with Crippen LogP contribution in [0.3, 0.4) is 0 Å². The fourth-order valence-corrected chi connectivity index (χ4v) is 3.31. The van der Waals surface area contributed by atoms with Gasteiger partial charge in [-0.2, -0.15) is 0 Å². The summed E-state index contributed by atoms with van der Waals surface area (Å²) in [6.07, 6.45) is 0.854. The zero-order chi connectivity index (χ0) is 21.5. The highest BCUT2D eigenvalue weighted by atomic mass is 16.2. The van der Waals surface area contributed by atoms with Crippen molar-refractivity contribution in [1.82, 2.24) is 0 Å². The van der Waals surface area contributed by atoms with E-state index in [2.05, 4.69) is 22.9 Å². The SMILES string of the molecule is CCc1cccc(C)c1NC(=O)CNc1cccc(NC(=O)c2ccccc2)c1C. The second kappa shape index (κ2) is 9.74. The van der Waals surface area contributed by atoms with Crippen LogP contribution in [-0.2, 0) is 11.2 Å². The molecule has 0 heterocycles. The third-order valence-electron chi connectivity index (χ3n) is 5.06. The maximum atomic E-state index is 12.5. The number of benzene rings is 3. The summed E-state index contributed by atoms with van der Waals surface area (Å²) in [6, 6.07) is 20.7. The Hall–Kier alpha value is -3.60. The van der Waals surface area contributed by atoms with Crippen LogP contribution in [-0.4, -0.2) is 18.4 Å². The molecule has 3 aromatic rings. The van der Waals surface area contributed by atoms with E-state index in [9.17, 15) is 9.59 Å². The number of carbonyl (C=O) groups is 2. The molecule has 0 aliphatic heterocycles. The molecular weight excluding hydrogens is 374 g/mol. The van der Waals surface area contributed by atoms with E-state index >= 15 is 0 Å². The van der Waals surface area contributed by atoms with Gasteiger partial charge in [-0.1, -0.05) is 49.4 Å². The summed E-state index contributed by atoms with van der Waals surface area (Å²) in [5, 5.41) is 9.13. The first-order chi connectivity index (χ1) is 14.5. The van der Waals surface area contributed by atoms with Crippen molar-refractivity contribution >= 4 is 28.9 Å². The predicted octanol–water partition coefficient (Wildman–Crippen LogP) is 5.17. The molecule has 5 nitrogen and oxygen atoms in total. The lowest BCUT2D eigenvalue weighted by Gasteiger charge is -2.16. The number of hydrogen-bond acceptors (Lipinski definition) is 3. The van der Waals surface area contributed by atoms with E-state index in [1.807, 2.05) is 68.4 Å². The van der Waals surface area contributed by atoms with Gasteiger partial charge in [-0.25, -0.2) is 0 Å². The molecule has 0 fully saturated rings. The average molecular weight is 402 g/mol. The maximum absolute atomic E-state index is 12.5. The molecule has 2 amide bonds. The number of aryl methyl sites for hydroxylation is 2. The van der Waals surface area contributed by atoms with E-state index in [0.29, 0.717) is 11.3 Å². The quantitative estimate of drug-likeness (QED) is 0.512. The summed E-state index contributed by atoms with van der Waals surface area (Å²) in [6.45, 7) is 6.11. The van der Waals surface area contributed by atoms with Gasteiger partial charge in [0.25, 0.3) is 5.91 Å². The minimum Gasteiger partial charge on any atom is -0.376 e. The summed E-state index contributed by atoms with van der Waals surface area (Å²) in [4.78, 5) is 25.0. The highest BCUT2D eigenvalue weighted by molar-refractivity contribution is 6.05. The smallest absolute Gasteiger partial charge is 0.255 e. The third-order valence-corrected chi connectivity index (χ3v) is 5.06. The molecule has 5 heteroatoms. The first kappa shape index (κ1) is 21.1. The second-order valence-electron chi connectivity index (χ2n) is 7.16. The Labute approximate surface area is 177 Å². The van der Waals surface area contributed by atoms with E-state index < -0.39 is 0 Å². The van der Waals surface area contributed by atoms with Gasteiger partial charge < -0.3 is 16.0 Å². The lowest BCUT2D eigenvalue weighted by atomic mass is 10.1. The fourth-order valence-electron chi connectivity index (χ4n) is 3.31. The predicted molar refractivity (Wildman–Crippen MR) is 123 cm³/mol. The number of rotatable bonds is 7. The molecule has 0 saturated heterocycles. The molecule has 0 unspecified atom stereocenters. The zero-order valence-corrected chi connectivity index (χ0v) is 17.6. The number of para-hydroxylation sites is 1. The van der Waals surface area contributed by atoms with Gasteiger partial charge in [0.05, 0.1) is 6.54 Å². The fraction of sp³-hybridized carbons (Fsp3) is 0.200. The number of carbonyl (C=O) groups excluding carboxylic acids is 2. The van der Waals surface area contributed by atoms with Crippen molar-refractivity contribution < 1.29 is 9.59 Å². The Morgan fingerprint density at radius 2 is 1.50 bits per heavy atom. The van der Waals surface area contributed by atoms with Gasteiger partial charge in [0.15, 0.2) is 0 Å². The number of nitrogens with one attached hydrogen (secondary N) is 3. The van der Waals surface area contributed by atoms with Crippen molar-refractivity contribution in [2.24, 2.45) is 0 Å². The number of anilines is 3. The molecule has 0 saturated carbocycles. The first-order valence-electron chi connectivity index (χ1n) is 10.1. The van der Waals surface area contributed by atoms with E-state index in [1.54, 1.807) is 12.1 Å². The summed E-state index contributed by atoms with van der Waals surface area (Å²) < 4.78 is 0. The van der Waals surface area contributed by atoms with Gasteiger partial charge in [0.1, 0.15) is 0 Å². The summed E-state index contributed by atoms with van der Waals surface area (Å²) in [5.74, 6) is -0.280. The highest BCUT2D eigenvalue weighted by Crippen LogP contribution is 2.24. The molecular formula is C25H27N3O2. The lowest BCUT2D eigenvalue weighted by molar-refractivity contribution is -0.114.